The van der Waals surface area contributed by atoms with E-state index in [-0.39, 0.29) is 0 Å². The zero-order valence-electron chi connectivity index (χ0n) is 7.92. The molecule has 0 saturated heterocycles. The molecule has 1 aliphatic rings. The highest BCUT2D eigenvalue weighted by Gasteiger charge is 2.27. The Kier molecular flexibility index (Phi) is 2.23. The van der Waals surface area contributed by atoms with Crippen LogP contribution >= 0.6 is 0 Å². The van der Waals surface area contributed by atoms with Gasteiger partial charge in [0, 0.05) is 5.56 Å². The first-order chi connectivity index (χ1) is 6.72. The summed E-state index contributed by atoms with van der Waals surface area (Å²) in [7, 11) is 1.53. The molecule has 2 nitrogen and oxygen atoms in total. The first kappa shape index (κ1) is 9.19. The highest BCUT2D eigenvalue weighted by molar-refractivity contribution is 6.02. The van der Waals surface area contributed by atoms with E-state index in [1.807, 2.05) is 6.07 Å². The van der Waals surface area contributed by atoms with E-state index >= 15 is 0 Å². The molecule has 1 atom stereocenters. The van der Waals surface area contributed by atoms with Crippen molar-refractivity contribution in [3.63, 3.8) is 0 Å². The minimum atomic E-state index is -1.34. The van der Waals surface area contributed by atoms with Gasteiger partial charge >= 0.3 is 0 Å². The van der Waals surface area contributed by atoms with Crippen LogP contribution in [0.15, 0.2) is 18.2 Å². The van der Waals surface area contributed by atoms with E-state index in [2.05, 4.69) is 0 Å². The number of alkyl halides is 1. The lowest BCUT2D eigenvalue weighted by Crippen LogP contribution is -2.23. The largest absolute Gasteiger partial charge is 0.497 e. The van der Waals surface area contributed by atoms with E-state index < -0.39 is 12.0 Å². The maximum atomic E-state index is 13.1. The molecule has 2 rings (SSSR count). The molecule has 0 N–H and O–H groups in total. The van der Waals surface area contributed by atoms with Crippen LogP contribution in [-0.2, 0) is 6.42 Å². The van der Waals surface area contributed by atoms with Crippen LogP contribution in [0.3, 0.4) is 0 Å². The summed E-state index contributed by atoms with van der Waals surface area (Å²) < 4.78 is 18.1. The summed E-state index contributed by atoms with van der Waals surface area (Å²) in [4.78, 5) is 11.5. The second kappa shape index (κ2) is 3.40. The molecule has 0 amide bonds. The third-order valence-electron chi connectivity index (χ3n) is 2.53. The van der Waals surface area contributed by atoms with Crippen LogP contribution in [0.1, 0.15) is 22.3 Å². The second-order valence-electron chi connectivity index (χ2n) is 3.39. The maximum Gasteiger partial charge on any atom is 0.197 e. The lowest BCUT2D eigenvalue weighted by Gasteiger charge is -2.18. The Hall–Kier alpha value is -1.38. The number of ketones is 1. The van der Waals surface area contributed by atoms with Crippen molar-refractivity contribution < 1.29 is 13.9 Å². The van der Waals surface area contributed by atoms with Crippen LogP contribution in [0.25, 0.3) is 0 Å². The molecule has 0 bridgehead atoms. The molecule has 74 valence electrons. The Bertz CT molecular complexity index is 374. The molecule has 0 aliphatic heterocycles. The number of rotatable bonds is 1. The Morgan fingerprint density at radius 1 is 1.50 bits per heavy atom. The number of ether oxygens (including phenoxy) is 1. The van der Waals surface area contributed by atoms with Gasteiger partial charge in [0.25, 0.3) is 0 Å². The summed E-state index contributed by atoms with van der Waals surface area (Å²) in [5.74, 6) is 0.191. The van der Waals surface area contributed by atoms with Gasteiger partial charge in [0.1, 0.15) is 5.75 Å². The number of carbonyl (C=O) groups excluding carboxylic acids is 1. The number of aryl methyl sites for hydroxylation is 1. The van der Waals surface area contributed by atoms with Gasteiger partial charge in [0.15, 0.2) is 12.0 Å². The van der Waals surface area contributed by atoms with Crippen LogP contribution in [0, 0.1) is 0 Å². The molecule has 0 heterocycles. The highest BCUT2D eigenvalue weighted by Crippen LogP contribution is 2.26. The summed E-state index contributed by atoms with van der Waals surface area (Å²) in [6, 6.07) is 5.24. The van der Waals surface area contributed by atoms with Gasteiger partial charge in [-0.1, -0.05) is 6.07 Å². The van der Waals surface area contributed by atoms with Gasteiger partial charge < -0.3 is 4.74 Å². The number of benzene rings is 1. The standard InChI is InChI=1S/C11H11FO2/c1-14-8-4-2-7-3-5-10(12)11(13)9(7)6-8/h2,4,6,10H,3,5H2,1H3. The highest BCUT2D eigenvalue weighted by atomic mass is 19.1. The Morgan fingerprint density at radius 2 is 2.29 bits per heavy atom. The number of hydrogen-bond donors (Lipinski definition) is 0. The summed E-state index contributed by atoms with van der Waals surface area (Å²) >= 11 is 0. The summed E-state index contributed by atoms with van der Waals surface area (Å²) in [5.41, 5.74) is 1.40. The van der Waals surface area contributed by atoms with Gasteiger partial charge in [-0.15, -0.1) is 0 Å². The van der Waals surface area contributed by atoms with Crippen LogP contribution in [0.2, 0.25) is 0 Å². The predicted octanol–water partition coefficient (Wildman–Crippen LogP) is 2.16. The van der Waals surface area contributed by atoms with Crippen molar-refractivity contribution >= 4 is 5.78 Å². The van der Waals surface area contributed by atoms with E-state index in [0.717, 1.165) is 5.56 Å². The van der Waals surface area contributed by atoms with Gasteiger partial charge in [-0.25, -0.2) is 4.39 Å². The van der Waals surface area contributed by atoms with Crippen molar-refractivity contribution in [1.29, 1.82) is 0 Å². The SMILES string of the molecule is COc1ccc2c(c1)C(=O)C(F)CC2. The van der Waals surface area contributed by atoms with E-state index in [0.29, 0.717) is 24.2 Å². The molecule has 1 aromatic rings. The van der Waals surface area contributed by atoms with Crippen molar-refractivity contribution in [2.24, 2.45) is 0 Å². The molecular weight excluding hydrogens is 183 g/mol. The number of methoxy groups -OCH3 is 1. The summed E-state index contributed by atoms with van der Waals surface area (Å²) in [6.07, 6.45) is -0.403. The smallest absolute Gasteiger partial charge is 0.197 e. The molecule has 0 aromatic heterocycles. The topological polar surface area (TPSA) is 26.3 Å². The average Bonchev–Trinajstić information content (AvgIpc) is 2.23. The lowest BCUT2D eigenvalue weighted by molar-refractivity contribution is 0.0856. The zero-order valence-corrected chi connectivity index (χ0v) is 7.92. The fourth-order valence-corrected chi connectivity index (χ4v) is 1.71. The lowest BCUT2D eigenvalue weighted by atomic mass is 9.89. The van der Waals surface area contributed by atoms with Crippen molar-refractivity contribution in [3.05, 3.63) is 29.3 Å². The van der Waals surface area contributed by atoms with Gasteiger partial charge in [-0.05, 0) is 30.5 Å². The molecular formula is C11H11FO2. The maximum absolute atomic E-state index is 13.1. The van der Waals surface area contributed by atoms with Crippen molar-refractivity contribution in [2.45, 2.75) is 19.0 Å². The fraction of sp³-hybridized carbons (Fsp3) is 0.364. The van der Waals surface area contributed by atoms with Crippen molar-refractivity contribution in [1.82, 2.24) is 0 Å². The summed E-state index contributed by atoms with van der Waals surface area (Å²) in [6.45, 7) is 0. The minimum absolute atomic E-state index is 0.304. The summed E-state index contributed by atoms with van der Waals surface area (Å²) in [5, 5.41) is 0. The predicted molar refractivity (Wildman–Crippen MR) is 50.5 cm³/mol. The molecule has 0 spiro atoms. The van der Waals surface area contributed by atoms with E-state index in [1.54, 1.807) is 12.1 Å². The van der Waals surface area contributed by atoms with Crippen molar-refractivity contribution in [3.8, 4) is 5.75 Å². The molecule has 1 unspecified atom stereocenters. The third-order valence-corrected chi connectivity index (χ3v) is 2.53. The Balaban J connectivity index is 2.46. The quantitative estimate of drug-likeness (QED) is 0.684. The molecule has 1 aromatic carbocycles. The fourth-order valence-electron chi connectivity index (χ4n) is 1.71. The van der Waals surface area contributed by atoms with Crippen LogP contribution in [0.5, 0.6) is 5.75 Å². The molecule has 0 radical (unpaired) electrons. The molecule has 0 fully saturated rings. The first-order valence-electron chi connectivity index (χ1n) is 4.57. The van der Waals surface area contributed by atoms with Gasteiger partial charge in [0.2, 0.25) is 0 Å². The Labute approximate surface area is 81.7 Å². The molecule has 3 heteroatoms. The number of hydrogen-bond acceptors (Lipinski definition) is 2. The Morgan fingerprint density at radius 3 is 3.00 bits per heavy atom. The molecule has 14 heavy (non-hydrogen) atoms. The monoisotopic (exact) mass is 194 g/mol. The second-order valence-corrected chi connectivity index (χ2v) is 3.39. The van der Waals surface area contributed by atoms with Gasteiger partial charge in [0.05, 0.1) is 7.11 Å². The zero-order chi connectivity index (χ0) is 10.1. The van der Waals surface area contributed by atoms with Gasteiger partial charge in [-0.3, -0.25) is 4.79 Å². The average molecular weight is 194 g/mol. The van der Waals surface area contributed by atoms with Crippen molar-refractivity contribution in [2.75, 3.05) is 7.11 Å². The van der Waals surface area contributed by atoms with Crippen LogP contribution < -0.4 is 4.74 Å². The first-order valence-corrected chi connectivity index (χ1v) is 4.57. The number of halogens is 1. The van der Waals surface area contributed by atoms with E-state index in [4.69, 9.17) is 4.74 Å². The van der Waals surface area contributed by atoms with Crippen LogP contribution in [-0.4, -0.2) is 19.1 Å². The molecule has 0 saturated carbocycles. The van der Waals surface area contributed by atoms with E-state index in [1.165, 1.54) is 7.11 Å². The normalized spacial score (nSPS) is 20.4. The van der Waals surface area contributed by atoms with Gasteiger partial charge in [-0.2, -0.15) is 0 Å². The number of fused-ring (bicyclic) bond motifs is 1. The third kappa shape index (κ3) is 1.39. The minimum Gasteiger partial charge on any atom is -0.497 e. The number of carbonyl (C=O) groups is 1. The molecule has 1 aliphatic carbocycles. The van der Waals surface area contributed by atoms with Crippen LogP contribution in [0.4, 0.5) is 4.39 Å². The van der Waals surface area contributed by atoms with E-state index in [9.17, 15) is 9.18 Å². The number of Topliss-reactive ketones (excluding diaryl/α,β-unsaturated/α-hetero) is 1.